The molecule has 0 saturated carbocycles. The summed E-state index contributed by atoms with van der Waals surface area (Å²) in [6.45, 7) is 1.21. The van der Waals surface area contributed by atoms with Crippen molar-refractivity contribution in [3.05, 3.63) is 33.0 Å². The molecule has 128 valence electrons. The van der Waals surface area contributed by atoms with Crippen LogP contribution in [0.15, 0.2) is 18.3 Å². The molecule has 0 saturated heterocycles. The second-order valence-corrected chi connectivity index (χ2v) is 6.46. The quantitative estimate of drug-likeness (QED) is 0.543. The lowest BCUT2D eigenvalue weighted by Gasteiger charge is -1.98. The average Bonchev–Trinajstić information content (AvgIpc) is 3.17. The largest absolute Gasteiger partial charge is 0.483 e. The first-order valence-electron chi connectivity index (χ1n) is 6.56. The summed E-state index contributed by atoms with van der Waals surface area (Å²) in [4.78, 5) is 48.6. The van der Waals surface area contributed by atoms with Crippen molar-refractivity contribution in [1.29, 1.82) is 0 Å². The van der Waals surface area contributed by atoms with Crippen molar-refractivity contribution in [3.63, 3.8) is 0 Å². The van der Waals surface area contributed by atoms with Gasteiger partial charge in [0.05, 0.1) is 16.2 Å². The van der Waals surface area contributed by atoms with Gasteiger partial charge >= 0.3 is 0 Å². The Labute approximate surface area is 145 Å². The van der Waals surface area contributed by atoms with E-state index in [0.717, 1.165) is 16.2 Å². The van der Waals surface area contributed by atoms with Crippen LogP contribution in [0, 0.1) is 0 Å². The number of ketones is 1. The van der Waals surface area contributed by atoms with Crippen LogP contribution in [0.2, 0.25) is 0 Å². The van der Waals surface area contributed by atoms with E-state index in [2.05, 4.69) is 15.6 Å². The van der Waals surface area contributed by atoms with Crippen molar-refractivity contribution in [2.24, 2.45) is 0 Å². The van der Waals surface area contributed by atoms with E-state index in [0.29, 0.717) is 14.9 Å². The number of hydrogen-bond donors (Lipinski definition) is 3. The van der Waals surface area contributed by atoms with E-state index in [1.54, 1.807) is 25.4 Å². The fraction of sp³-hybridized carbons (Fsp3) is 0.214. The Morgan fingerprint density at radius 1 is 1.25 bits per heavy atom. The van der Waals surface area contributed by atoms with E-state index in [1.807, 2.05) is 0 Å². The number of Topliss-reactive ketones (excluding diaryl/α,β-unsaturated/α-hetero) is 1. The molecule has 24 heavy (non-hydrogen) atoms. The number of nitrogens with one attached hydrogen (secondary N) is 2. The smallest absolute Gasteiger partial charge is 0.290 e. The molecule has 10 heteroatoms. The summed E-state index contributed by atoms with van der Waals surface area (Å²) in [5.74, 6) is -0.490. The molecule has 0 aromatic carbocycles. The zero-order chi connectivity index (χ0) is 18.1. The second-order valence-electron chi connectivity index (χ2n) is 4.26. The van der Waals surface area contributed by atoms with Gasteiger partial charge in [0.25, 0.3) is 12.4 Å². The topological polar surface area (TPSA) is 125 Å². The number of amides is 2. The zero-order valence-electron chi connectivity index (χ0n) is 12.9. The minimum absolute atomic E-state index is 0.0684. The van der Waals surface area contributed by atoms with E-state index in [9.17, 15) is 14.4 Å². The molecular formula is C14H15N3O5S2. The molecule has 0 unspecified atom stereocenters. The fourth-order valence-electron chi connectivity index (χ4n) is 1.50. The lowest BCUT2D eigenvalue weighted by molar-refractivity contribution is -0.123. The number of carbonyl (C=O) groups excluding carboxylic acids is 3. The normalized spacial score (nSPS) is 9.42. The zero-order valence-corrected chi connectivity index (χ0v) is 14.5. The van der Waals surface area contributed by atoms with Gasteiger partial charge in [0.2, 0.25) is 5.91 Å². The highest BCUT2D eigenvalue weighted by Gasteiger charge is 2.14. The standard InChI is InChI=1S/C13H13N3O3S2.CH2O2/c1-7(17)9-3-4-10(21-9)12(19)16-13-15-6-8(20-13)5-11(18)14-2;2-1-3/h3-4,6H,5H2,1-2H3,(H,14,18)(H,15,16,19);1H,(H,2,3). The first-order chi connectivity index (χ1) is 11.4. The minimum Gasteiger partial charge on any atom is -0.483 e. The summed E-state index contributed by atoms with van der Waals surface area (Å²) in [6.07, 6.45) is 1.79. The molecule has 2 aromatic heterocycles. The summed E-state index contributed by atoms with van der Waals surface area (Å²) in [7, 11) is 1.56. The van der Waals surface area contributed by atoms with Crippen molar-refractivity contribution in [2.75, 3.05) is 12.4 Å². The molecule has 2 rings (SSSR count). The van der Waals surface area contributed by atoms with E-state index >= 15 is 0 Å². The van der Waals surface area contributed by atoms with Gasteiger partial charge in [-0.15, -0.1) is 22.7 Å². The van der Waals surface area contributed by atoms with Crippen molar-refractivity contribution in [2.45, 2.75) is 13.3 Å². The molecule has 0 atom stereocenters. The molecule has 0 bridgehead atoms. The Balaban J connectivity index is 0.000000891. The summed E-state index contributed by atoms with van der Waals surface area (Å²) in [5.41, 5.74) is 0. The molecule has 0 aliphatic rings. The molecule has 0 aliphatic heterocycles. The number of carbonyl (C=O) groups is 4. The Morgan fingerprint density at radius 3 is 2.42 bits per heavy atom. The predicted octanol–water partition coefficient (Wildman–Crippen LogP) is 1.65. The van der Waals surface area contributed by atoms with Gasteiger partial charge in [0, 0.05) is 18.1 Å². The highest BCUT2D eigenvalue weighted by molar-refractivity contribution is 7.17. The van der Waals surface area contributed by atoms with Crippen LogP contribution in [0.25, 0.3) is 0 Å². The monoisotopic (exact) mass is 369 g/mol. The molecule has 0 spiro atoms. The van der Waals surface area contributed by atoms with E-state index in [4.69, 9.17) is 9.90 Å². The Hall–Kier alpha value is -2.59. The maximum atomic E-state index is 12.0. The van der Waals surface area contributed by atoms with Crippen LogP contribution in [-0.2, 0) is 16.0 Å². The third-order valence-corrected chi connectivity index (χ3v) is 4.66. The number of thiophene rings is 1. The molecule has 2 heterocycles. The lowest BCUT2D eigenvalue weighted by atomic mass is 10.3. The maximum Gasteiger partial charge on any atom is 0.290 e. The number of aromatic nitrogens is 1. The molecule has 8 nitrogen and oxygen atoms in total. The first-order valence-corrected chi connectivity index (χ1v) is 8.19. The number of nitrogens with zero attached hydrogens (tertiary/aromatic N) is 1. The number of carboxylic acid groups (broad SMARTS) is 1. The van der Waals surface area contributed by atoms with Gasteiger partial charge < -0.3 is 10.4 Å². The Morgan fingerprint density at radius 2 is 1.88 bits per heavy atom. The molecule has 0 radical (unpaired) electrons. The fourth-order valence-corrected chi connectivity index (χ4v) is 3.10. The van der Waals surface area contributed by atoms with Crippen LogP contribution in [0.4, 0.5) is 5.13 Å². The molecule has 3 N–H and O–H groups in total. The number of anilines is 1. The number of hydrogen-bond acceptors (Lipinski definition) is 7. The highest BCUT2D eigenvalue weighted by atomic mass is 32.1. The van der Waals surface area contributed by atoms with Crippen LogP contribution < -0.4 is 10.6 Å². The van der Waals surface area contributed by atoms with Crippen LogP contribution >= 0.6 is 22.7 Å². The summed E-state index contributed by atoms with van der Waals surface area (Å²) >= 11 is 2.39. The van der Waals surface area contributed by atoms with E-state index in [1.165, 1.54) is 18.3 Å². The Kier molecular flexibility index (Phi) is 7.72. The number of thiazole rings is 1. The summed E-state index contributed by atoms with van der Waals surface area (Å²) in [5, 5.41) is 12.5. The minimum atomic E-state index is -0.312. The van der Waals surface area contributed by atoms with E-state index in [-0.39, 0.29) is 30.5 Å². The SMILES string of the molecule is CNC(=O)Cc1cnc(NC(=O)c2ccc(C(C)=O)s2)s1.O=CO. The van der Waals surface area contributed by atoms with Gasteiger partial charge in [-0.1, -0.05) is 0 Å². The Bertz CT molecular complexity index is 738. The van der Waals surface area contributed by atoms with Crippen molar-refractivity contribution >= 4 is 51.9 Å². The van der Waals surface area contributed by atoms with Crippen molar-refractivity contribution in [3.8, 4) is 0 Å². The summed E-state index contributed by atoms with van der Waals surface area (Å²) in [6, 6.07) is 3.23. The van der Waals surface area contributed by atoms with Crippen molar-refractivity contribution in [1.82, 2.24) is 10.3 Å². The number of rotatable bonds is 5. The first kappa shape index (κ1) is 19.5. The molecule has 0 fully saturated rings. The van der Waals surface area contributed by atoms with E-state index < -0.39 is 0 Å². The van der Waals surface area contributed by atoms with Crippen LogP contribution in [0.1, 0.15) is 31.1 Å². The maximum absolute atomic E-state index is 12.0. The number of likely N-dealkylation sites (N-methyl/N-ethyl adjacent to an activating group) is 1. The van der Waals surface area contributed by atoms with Gasteiger partial charge in [-0.3, -0.25) is 24.5 Å². The van der Waals surface area contributed by atoms with Gasteiger partial charge in [-0.2, -0.15) is 0 Å². The van der Waals surface area contributed by atoms with Crippen molar-refractivity contribution < 1.29 is 24.3 Å². The van der Waals surface area contributed by atoms with Gasteiger partial charge in [0.15, 0.2) is 10.9 Å². The molecular weight excluding hydrogens is 354 g/mol. The third kappa shape index (κ3) is 5.89. The average molecular weight is 369 g/mol. The van der Waals surface area contributed by atoms with Gasteiger partial charge in [0.1, 0.15) is 0 Å². The molecule has 2 aromatic rings. The highest BCUT2D eigenvalue weighted by Crippen LogP contribution is 2.22. The van der Waals surface area contributed by atoms with Crippen LogP contribution in [0.3, 0.4) is 0 Å². The predicted molar refractivity (Wildman–Crippen MR) is 90.9 cm³/mol. The second kappa shape index (κ2) is 9.53. The van der Waals surface area contributed by atoms with Crippen LogP contribution in [-0.4, -0.2) is 41.2 Å². The van der Waals surface area contributed by atoms with Gasteiger partial charge in [-0.25, -0.2) is 4.98 Å². The lowest BCUT2D eigenvalue weighted by Crippen LogP contribution is -2.19. The van der Waals surface area contributed by atoms with Gasteiger partial charge in [-0.05, 0) is 19.1 Å². The molecule has 0 aliphatic carbocycles. The third-order valence-electron chi connectivity index (χ3n) is 2.56. The molecule has 2 amide bonds. The van der Waals surface area contributed by atoms with Crippen LogP contribution in [0.5, 0.6) is 0 Å². The summed E-state index contributed by atoms with van der Waals surface area (Å²) < 4.78 is 0.